The van der Waals surface area contributed by atoms with E-state index in [0.717, 1.165) is 16.1 Å². The van der Waals surface area contributed by atoms with Crippen LogP contribution in [0.4, 0.5) is 5.69 Å². The first-order chi connectivity index (χ1) is 10.7. The number of hydrogen-bond acceptors (Lipinski definition) is 5. The maximum absolute atomic E-state index is 11.9. The second kappa shape index (κ2) is 5.88. The summed E-state index contributed by atoms with van der Waals surface area (Å²) in [7, 11) is 4.75. The van der Waals surface area contributed by atoms with Gasteiger partial charge in [-0.25, -0.2) is 0 Å². The molecule has 0 radical (unpaired) electrons. The van der Waals surface area contributed by atoms with Gasteiger partial charge in [-0.15, -0.1) is 11.3 Å². The van der Waals surface area contributed by atoms with Crippen LogP contribution in [0, 0.1) is 0 Å². The summed E-state index contributed by atoms with van der Waals surface area (Å²) in [5.74, 6) is 1.77. The molecule has 0 aliphatic carbocycles. The number of amides is 1. The van der Waals surface area contributed by atoms with E-state index in [2.05, 4.69) is 5.32 Å². The summed E-state index contributed by atoms with van der Waals surface area (Å²) in [6.45, 7) is 0. The average molecular weight is 319 g/mol. The van der Waals surface area contributed by atoms with Crippen molar-refractivity contribution in [1.82, 2.24) is 0 Å². The summed E-state index contributed by atoms with van der Waals surface area (Å²) in [5, 5.41) is 4.89. The van der Waals surface area contributed by atoms with E-state index in [1.165, 1.54) is 0 Å². The minimum absolute atomic E-state index is 0.00236. The van der Waals surface area contributed by atoms with Crippen LogP contribution in [0.2, 0.25) is 0 Å². The molecule has 116 valence electrons. The number of carbonyl (C=O) groups excluding carboxylic acids is 1. The van der Waals surface area contributed by atoms with Gasteiger partial charge in [0.1, 0.15) is 0 Å². The van der Waals surface area contributed by atoms with Gasteiger partial charge >= 0.3 is 0 Å². The molecule has 1 aromatic carbocycles. The van der Waals surface area contributed by atoms with E-state index < -0.39 is 0 Å². The molecule has 1 aliphatic rings. The van der Waals surface area contributed by atoms with Gasteiger partial charge < -0.3 is 19.5 Å². The second-order valence-corrected chi connectivity index (χ2v) is 5.91. The molecule has 0 bridgehead atoms. The summed E-state index contributed by atoms with van der Waals surface area (Å²) in [4.78, 5) is 13.1. The van der Waals surface area contributed by atoms with Gasteiger partial charge in [-0.3, -0.25) is 4.79 Å². The Morgan fingerprint density at radius 3 is 2.41 bits per heavy atom. The predicted octanol–water partition coefficient (Wildman–Crippen LogP) is 3.25. The van der Waals surface area contributed by atoms with Gasteiger partial charge in [-0.1, -0.05) is 0 Å². The molecule has 5 nitrogen and oxygen atoms in total. The Labute approximate surface area is 132 Å². The van der Waals surface area contributed by atoms with Crippen LogP contribution in [0.15, 0.2) is 23.6 Å². The number of anilines is 1. The van der Waals surface area contributed by atoms with Gasteiger partial charge in [0.2, 0.25) is 11.7 Å². The molecule has 0 fully saturated rings. The highest BCUT2D eigenvalue weighted by atomic mass is 32.1. The molecule has 0 unspecified atom stereocenters. The maximum Gasteiger partial charge on any atom is 0.225 e. The summed E-state index contributed by atoms with van der Waals surface area (Å²) >= 11 is 1.64. The topological polar surface area (TPSA) is 56.8 Å². The summed E-state index contributed by atoms with van der Waals surface area (Å²) in [6.07, 6.45) is 0.409. The molecule has 1 atom stereocenters. The maximum atomic E-state index is 11.9. The minimum Gasteiger partial charge on any atom is -0.493 e. The number of thiophene rings is 1. The lowest BCUT2D eigenvalue weighted by atomic mass is 9.90. The normalized spacial score (nSPS) is 16.7. The van der Waals surface area contributed by atoms with Gasteiger partial charge in [0.05, 0.1) is 27.0 Å². The molecule has 3 rings (SSSR count). The fourth-order valence-corrected chi connectivity index (χ4v) is 3.73. The molecule has 22 heavy (non-hydrogen) atoms. The highest BCUT2D eigenvalue weighted by molar-refractivity contribution is 7.10. The van der Waals surface area contributed by atoms with E-state index in [9.17, 15) is 4.79 Å². The van der Waals surface area contributed by atoms with Gasteiger partial charge in [-0.05, 0) is 29.1 Å². The molecular weight excluding hydrogens is 302 g/mol. The van der Waals surface area contributed by atoms with Crippen molar-refractivity contribution < 1.29 is 19.0 Å². The van der Waals surface area contributed by atoms with Crippen LogP contribution in [0.5, 0.6) is 17.2 Å². The van der Waals surface area contributed by atoms with Crippen LogP contribution >= 0.6 is 11.3 Å². The van der Waals surface area contributed by atoms with Crippen molar-refractivity contribution in [1.29, 1.82) is 0 Å². The van der Waals surface area contributed by atoms with Crippen LogP contribution in [-0.2, 0) is 4.79 Å². The van der Waals surface area contributed by atoms with E-state index >= 15 is 0 Å². The van der Waals surface area contributed by atoms with Gasteiger partial charge in [0.15, 0.2) is 11.5 Å². The van der Waals surface area contributed by atoms with Crippen molar-refractivity contribution in [3.63, 3.8) is 0 Å². The molecule has 2 heterocycles. The van der Waals surface area contributed by atoms with Crippen LogP contribution in [0.3, 0.4) is 0 Å². The quantitative estimate of drug-likeness (QED) is 0.940. The van der Waals surface area contributed by atoms with Crippen molar-refractivity contribution in [3.8, 4) is 17.2 Å². The Hall–Kier alpha value is -2.21. The van der Waals surface area contributed by atoms with Crippen LogP contribution in [0.25, 0.3) is 0 Å². The molecular formula is C16H17NO4S. The largest absolute Gasteiger partial charge is 0.493 e. The molecule has 1 aliphatic heterocycles. The van der Waals surface area contributed by atoms with E-state index in [-0.39, 0.29) is 11.8 Å². The number of rotatable bonds is 4. The number of methoxy groups -OCH3 is 3. The first-order valence-electron chi connectivity index (χ1n) is 6.85. The van der Waals surface area contributed by atoms with Crippen LogP contribution in [0.1, 0.15) is 22.8 Å². The predicted molar refractivity (Wildman–Crippen MR) is 85.5 cm³/mol. The number of ether oxygens (including phenoxy) is 3. The van der Waals surface area contributed by atoms with Crippen molar-refractivity contribution in [2.24, 2.45) is 0 Å². The Morgan fingerprint density at radius 2 is 1.82 bits per heavy atom. The minimum atomic E-state index is -0.00236. The molecule has 1 aromatic heterocycles. The zero-order chi connectivity index (χ0) is 15.7. The van der Waals surface area contributed by atoms with Crippen molar-refractivity contribution >= 4 is 22.9 Å². The van der Waals surface area contributed by atoms with Crippen LogP contribution < -0.4 is 19.5 Å². The molecule has 0 spiro atoms. The smallest absolute Gasteiger partial charge is 0.225 e. The first-order valence-corrected chi connectivity index (χ1v) is 7.73. The van der Waals surface area contributed by atoms with E-state index in [1.807, 2.05) is 23.6 Å². The summed E-state index contributed by atoms with van der Waals surface area (Å²) < 4.78 is 16.2. The number of benzene rings is 1. The van der Waals surface area contributed by atoms with E-state index in [4.69, 9.17) is 14.2 Å². The first kappa shape index (κ1) is 14.7. The highest BCUT2D eigenvalue weighted by Crippen LogP contribution is 2.45. The number of hydrogen-bond donors (Lipinski definition) is 1. The highest BCUT2D eigenvalue weighted by Gasteiger charge is 2.29. The molecule has 0 saturated carbocycles. The standard InChI is InChI=1S/C16H17NO4S/c1-19-12-6-9(7-13(20-2)15(12)21-3)10-8-14(18)17-11-4-5-22-16(10)11/h4-7,10H,8H2,1-3H3,(H,17,18)/t10-/m0/s1. The molecule has 6 heteroatoms. The molecule has 0 saturated heterocycles. The third-order valence-corrected chi connectivity index (χ3v) is 4.80. The Bertz CT molecular complexity index is 685. The summed E-state index contributed by atoms with van der Waals surface area (Å²) in [5.41, 5.74) is 1.87. The Balaban J connectivity index is 2.11. The lowest BCUT2D eigenvalue weighted by molar-refractivity contribution is -0.116. The van der Waals surface area contributed by atoms with Gasteiger partial charge in [0, 0.05) is 17.2 Å². The van der Waals surface area contributed by atoms with Crippen LogP contribution in [-0.4, -0.2) is 27.2 Å². The lowest BCUT2D eigenvalue weighted by Crippen LogP contribution is -2.22. The monoisotopic (exact) mass is 319 g/mol. The third kappa shape index (κ3) is 2.39. The van der Waals surface area contributed by atoms with Crippen molar-refractivity contribution in [2.45, 2.75) is 12.3 Å². The van der Waals surface area contributed by atoms with Crippen molar-refractivity contribution in [3.05, 3.63) is 34.0 Å². The fraction of sp³-hybridized carbons (Fsp3) is 0.312. The Morgan fingerprint density at radius 1 is 1.14 bits per heavy atom. The van der Waals surface area contributed by atoms with Crippen molar-refractivity contribution in [2.75, 3.05) is 26.6 Å². The second-order valence-electron chi connectivity index (χ2n) is 4.96. The lowest BCUT2D eigenvalue weighted by Gasteiger charge is -2.24. The molecule has 1 N–H and O–H groups in total. The zero-order valence-corrected chi connectivity index (χ0v) is 13.5. The number of carbonyl (C=O) groups is 1. The average Bonchev–Trinajstić information content (AvgIpc) is 3.00. The van der Waals surface area contributed by atoms with Gasteiger partial charge in [0.25, 0.3) is 0 Å². The molecule has 1 amide bonds. The summed E-state index contributed by atoms with van der Waals surface area (Å²) in [6, 6.07) is 5.75. The Kier molecular flexibility index (Phi) is 3.94. The SMILES string of the molecule is COc1cc([C@@H]2CC(=O)Nc3ccsc32)cc(OC)c1OC. The number of fused-ring (bicyclic) bond motifs is 1. The number of nitrogens with one attached hydrogen (secondary N) is 1. The van der Waals surface area contributed by atoms with Gasteiger partial charge in [-0.2, -0.15) is 0 Å². The van der Waals surface area contributed by atoms with E-state index in [1.54, 1.807) is 32.7 Å². The zero-order valence-electron chi connectivity index (χ0n) is 12.6. The van der Waals surface area contributed by atoms with E-state index in [0.29, 0.717) is 23.7 Å². The third-order valence-electron chi connectivity index (χ3n) is 3.76. The molecule has 2 aromatic rings. The fourth-order valence-electron chi connectivity index (χ4n) is 2.75.